The zero-order valence-electron chi connectivity index (χ0n) is 20.1. The van der Waals surface area contributed by atoms with Crippen molar-refractivity contribution in [3.63, 3.8) is 0 Å². The van der Waals surface area contributed by atoms with Crippen molar-refractivity contribution in [2.45, 2.75) is 73.1 Å². The van der Waals surface area contributed by atoms with Gasteiger partial charge < -0.3 is 9.64 Å². The molecule has 170 valence electrons. The van der Waals surface area contributed by atoms with E-state index in [1.807, 2.05) is 16.2 Å². The molecule has 1 aliphatic heterocycles. The second-order valence-electron chi connectivity index (χ2n) is 9.86. The number of ether oxygens (including phenoxy) is 1. The number of aryl methyl sites for hydroxylation is 4. The van der Waals surface area contributed by atoms with Crippen molar-refractivity contribution in [1.82, 2.24) is 4.90 Å². The number of hydrogen-bond donors (Lipinski definition) is 0. The zero-order valence-corrected chi connectivity index (χ0v) is 20.9. The zero-order chi connectivity index (χ0) is 22.4. The molecule has 0 bridgehead atoms. The molecule has 1 aliphatic rings. The van der Waals surface area contributed by atoms with Crippen LogP contribution in [0.3, 0.4) is 0 Å². The minimum atomic E-state index is 0.0142. The van der Waals surface area contributed by atoms with Crippen LogP contribution in [0.5, 0.6) is 0 Å². The third kappa shape index (κ3) is 6.92. The minimum Gasteiger partial charge on any atom is -0.378 e. The number of morpholine rings is 1. The number of carbonyl (C=O) groups is 1. The Balaban J connectivity index is 1.56. The predicted octanol–water partition coefficient (Wildman–Crippen LogP) is 6.06. The highest BCUT2D eigenvalue weighted by atomic mass is 32.1. The number of benzene rings is 1. The first-order valence-electron chi connectivity index (χ1n) is 11.7. The molecule has 3 rings (SSSR count). The topological polar surface area (TPSA) is 29.5 Å². The Morgan fingerprint density at radius 3 is 2.39 bits per heavy atom. The Hall–Kier alpha value is -1.65. The van der Waals surface area contributed by atoms with Gasteiger partial charge in [-0.25, -0.2) is 0 Å². The standard InChI is InChI=1S/C27H39NO2S/c1-20-9-11-23(12-10-20)7-6-8-24-21(2)22(3)31-25(24)13-14-27(4,5)19-26(29)28-15-17-30-18-16-28/h9-12H,6-8,13-19H2,1-5H3. The van der Waals surface area contributed by atoms with Gasteiger partial charge in [0, 0.05) is 29.3 Å². The molecule has 1 saturated heterocycles. The first-order chi connectivity index (χ1) is 14.7. The quantitative estimate of drug-likeness (QED) is 0.474. The van der Waals surface area contributed by atoms with Gasteiger partial charge in [-0.3, -0.25) is 4.79 Å². The van der Waals surface area contributed by atoms with Crippen LogP contribution in [0.2, 0.25) is 0 Å². The summed E-state index contributed by atoms with van der Waals surface area (Å²) in [7, 11) is 0. The molecule has 0 atom stereocenters. The van der Waals surface area contributed by atoms with Gasteiger partial charge in [0.1, 0.15) is 0 Å². The molecule has 0 aliphatic carbocycles. The number of nitrogens with zero attached hydrogens (tertiary/aromatic N) is 1. The van der Waals surface area contributed by atoms with Crippen LogP contribution in [-0.4, -0.2) is 37.1 Å². The summed E-state index contributed by atoms with van der Waals surface area (Å²) in [6.07, 6.45) is 6.21. The van der Waals surface area contributed by atoms with Gasteiger partial charge in [0.05, 0.1) is 13.2 Å². The first kappa shape index (κ1) is 24.0. The van der Waals surface area contributed by atoms with Gasteiger partial charge in [0.2, 0.25) is 5.91 Å². The molecule has 0 radical (unpaired) electrons. The monoisotopic (exact) mass is 441 g/mol. The summed E-state index contributed by atoms with van der Waals surface area (Å²) in [6, 6.07) is 8.94. The number of amides is 1. The maximum absolute atomic E-state index is 12.7. The number of carbonyl (C=O) groups excluding carboxylic acids is 1. The molecule has 1 aromatic carbocycles. The van der Waals surface area contributed by atoms with Gasteiger partial charge >= 0.3 is 0 Å². The molecule has 0 saturated carbocycles. The molecule has 1 aromatic heterocycles. The molecule has 1 amide bonds. The van der Waals surface area contributed by atoms with Crippen LogP contribution >= 0.6 is 11.3 Å². The van der Waals surface area contributed by atoms with Crippen molar-refractivity contribution in [2.24, 2.45) is 5.41 Å². The van der Waals surface area contributed by atoms with Crippen LogP contribution in [0.25, 0.3) is 0 Å². The van der Waals surface area contributed by atoms with E-state index in [1.54, 1.807) is 5.56 Å². The van der Waals surface area contributed by atoms with Crippen molar-refractivity contribution < 1.29 is 9.53 Å². The van der Waals surface area contributed by atoms with E-state index in [0.717, 1.165) is 38.8 Å². The summed E-state index contributed by atoms with van der Waals surface area (Å²) >= 11 is 1.96. The molecule has 2 heterocycles. The Kier molecular flexibility index (Phi) is 8.35. The van der Waals surface area contributed by atoms with E-state index in [2.05, 4.69) is 58.9 Å². The van der Waals surface area contributed by atoms with Gasteiger partial charge in [0.15, 0.2) is 0 Å². The van der Waals surface area contributed by atoms with E-state index in [4.69, 9.17) is 4.74 Å². The smallest absolute Gasteiger partial charge is 0.223 e. The lowest BCUT2D eigenvalue weighted by Gasteiger charge is -2.31. The SMILES string of the molecule is Cc1ccc(CCCc2c(CCC(C)(C)CC(=O)N3CCOCC3)sc(C)c2C)cc1. The Labute approximate surface area is 192 Å². The van der Waals surface area contributed by atoms with Gasteiger partial charge in [-0.1, -0.05) is 43.7 Å². The summed E-state index contributed by atoms with van der Waals surface area (Å²) in [6.45, 7) is 14.0. The molecular weight excluding hydrogens is 402 g/mol. The molecule has 31 heavy (non-hydrogen) atoms. The summed E-state index contributed by atoms with van der Waals surface area (Å²) in [5, 5.41) is 0. The lowest BCUT2D eigenvalue weighted by Crippen LogP contribution is -2.42. The van der Waals surface area contributed by atoms with Crippen LogP contribution in [0.15, 0.2) is 24.3 Å². The van der Waals surface area contributed by atoms with E-state index in [0.29, 0.717) is 19.6 Å². The van der Waals surface area contributed by atoms with Crippen LogP contribution in [-0.2, 0) is 28.8 Å². The first-order valence-corrected chi connectivity index (χ1v) is 12.6. The summed E-state index contributed by atoms with van der Waals surface area (Å²) in [5.41, 5.74) is 5.81. The highest BCUT2D eigenvalue weighted by molar-refractivity contribution is 7.12. The summed E-state index contributed by atoms with van der Waals surface area (Å²) in [4.78, 5) is 17.7. The normalized spacial score (nSPS) is 14.8. The van der Waals surface area contributed by atoms with Crippen LogP contribution < -0.4 is 0 Å². The molecule has 2 aromatic rings. The molecule has 1 fully saturated rings. The summed E-state index contributed by atoms with van der Waals surface area (Å²) < 4.78 is 5.39. The largest absolute Gasteiger partial charge is 0.378 e. The van der Waals surface area contributed by atoms with Crippen molar-refractivity contribution in [3.05, 3.63) is 56.3 Å². The molecule has 0 N–H and O–H groups in total. The second-order valence-corrected chi connectivity index (χ2v) is 11.2. The maximum atomic E-state index is 12.7. The van der Waals surface area contributed by atoms with Gasteiger partial charge in [-0.2, -0.15) is 0 Å². The Morgan fingerprint density at radius 1 is 1.03 bits per heavy atom. The lowest BCUT2D eigenvalue weighted by atomic mass is 9.83. The molecule has 4 heteroatoms. The van der Waals surface area contributed by atoms with E-state index in [1.165, 1.54) is 32.9 Å². The van der Waals surface area contributed by atoms with Crippen LogP contribution in [0.4, 0.5) is 0 Å². The van der Waals surface area contributed by atoms with Gasteiger partial charge in [-0.05, 0) is 75.0 Å². The van der Waals surface area contributed by atoms with Crippen LogP contribution in [0, 0.1) is 26.2 Å². The average molecular weight is 442 g/mol. The maximum Gasteiger partial charge on any atom is 0.223 e. The number of thiophene rings is 1. The van der Waals surface area contributed by atoms with Gasteiger partial charge in [-0.15, -0.1) is 11.3 Å². The fourth-order valence-electron chi connectivity index (χ4n) is 4.37. The fraction of sp³-hybridized carbons (Fsp3) is 0.593. The van der Waals surface area contributed by atoms with Crippen molar-refractivity contribution in [3.8, 4) is 0 Å². The van der Waals surface area contributed by atoms with E-state index in [-0.39, 0.29) is 11.3 Å². The number of rotatable bonds is 9. The second kappa shape index (κ2) is 10.8. The highest BCUT2D eigenvalue weighted by Crippen LogP contribution is 2.34. The third-order valence-electron chi connectivity index (χ3n) is 6.63. The number of hydrogen-bond acceptors (Lipinski definition) is 3. The van der Waals surface area contributed by atoms with E-state index < -0.39 is 0 Å². The Morgan fingerprint density at radius 2 is 1.71 bits per heavy atom. The van der Waals surface area contributed by atoms with E-state index in [9.17, 15) is 4.79 Å². The predicted molar refractivity (Wildman–Crippen MR) is 131 cm³/mol. The van der Waals surface area contributed by atoms with Crippen molar-refractivity contribution in [2.75, 3.05) is 26.3 Å². The third-order valence-corrected chi connectivity index (χ3v) is 7.94. The van der Waals surface area contributed by atoms with Crippen LogP contribution in [0.1, 0.15) is 65.1 Å². The van der Waals surface area contributed by atoms with Crippen molar-refractivity contribution in [1.29, 1.82) is 0 Å². The van der Waals surface area contributed by atoms with Crippen molar-refractivity contribution >= 4 is 17.2 Å². The fourth-order valence-corrected chi connectivity index (χ4v) is 5.60. The Bertz CT molecular complexity index is 860. The highest BCUT2D eigenvalue weighted by Gasteiger charge is 2.27. The average Bonchev–Trinajstić information content (AvgIpc) is 3.02. The molecule has 0 unspecified atom stereocenters. The molecule has 0 spiro atoms. The van der Waals surface area contributed by atoms with E-state index >= 15 is 0 Å². The molecular formula is C27H39NO2S. The summed E-state index contributed by atoms with van der Waals surface area (Å²) in [5.74, 6) is 0.283. The lowest BCUT2D eigenvalue weighted by molar-refractivity contribution is -0.137. The van der Waals surface area contributed by atoms with Gasteiger partial charge in [0.25, 0.3) is 0 Å². The molecule has 3 nitrogen and oxygen atoms in total. The minimum absolute atomic E-state index is 0.0142.